The van der Waals surface area contributed by atoms with Crippen LogP contribution in [0.2, 0.25) is 0 Å². The summed E-state index contributed by atoms with van der Waals surface area (Å²) < 4.78 is 10.0. The summed E-state index contributed by atoms with van der Waals surface area (Å²) in [5, 5.41) is 3.53. The van der Waals surface area contributed by atoms with Gasteiger partial charge in [0.05, 0.1) is 19.0 Å². The molecule has 0 amide bonds. The van der Waals surface area contributed by atoms with Crippen LogP contribution < -0.4 is 10.5 Å². The Kier molecular flexibility index (Phi) is 4.79. The van der Waals surface area contributed by atoms with Gasteiger partial charge in [0.25, 0.3) is 0 Å². The number of nitrogens with one attached hydrogen (secondary N) is 1. The third kappa shape index (κ3) is 3.91. The van der Waals surface area contributed by atoms with Gasteiger partial charge in [-0.2, -0.15) is 0 Å². The number of hydrogen-bond acceptors (Lipinski definition) is 7. The predicted octanol–water partition coefficient (Wildman–Crippen LogP) is 1.07. The van der Waals surface area contributed by atoms with Gasteiger partial charge < -0.3 is 9.64 Å². The summed E-state index contributed by atoms with van der Waals surface area (Å²) in [5.74, 6) is 0.484. The summed E-state index contributed by atoms with van der Waals surface area (Å²) >= 11 is 0. The molecule has 0 aliphatic carbocycles. The number of aromatic nitrogens is 4. The normalized spacial score (nSPS) is 15.8. The number of hydrogen-bond donors (Lipinski definition) is 1. The highest BCUT2D eigenvalue weighted by molar-refractivity contribution is 5.40. The number of rotatable bonds is 6. The number of H-pyrrole nitrogens is 1. The van der Waals surface area contributed by atoms with E-state index in [1.807, 2.05) is 0 Å². The van der Waals surface area contributed by atoms with Crippen molar-refractivity contribution in [2.75, 3.05) is 26.2 Å². The van der Waals surface area contributed by atoms with Crippen molar-refractivity contribution in [1.82, 2.24) is 25.0 Å². The molecule has 0 spiro atoms. The number of aromatic amines is 1. The van der Waals surface area contributed by atoms with E-state index in [2.05, 4.69) is 29.5 Å². The fraction of sp³-hybridized carbons (Fsp3) is 0.571. The molecule has 1 fully saturated rings. The fourth-order valence-corrected chi connectivity index (χ4v) is 2.50. The second-order valence-electron chi connectivity index (χ2n) is 5.29. The highest BCUT2D eigenvalue weighted by Gasteiger charge is 2.10. The van der Waals surface area contributed by atoms with Crippen molar-refractivity contribution in [2.45, 2.75) is 25.7 Å². The van der Waals surface area contributed by atoms with Crippen molar-refractivity contribution in [3.05, 3.63) is 22.9 Å². The van der Waals surface area contributed by atoms with E-state index < -0.39 is 5.76 Å². The lowest BCUT2D eigenvalue weighted by Gasteiger charge is -2.26. The second-order valence-corrected chi connectivity index (χ2v) is 5.29. The molecule has 1 saturated heterocycles. The Morgan fingerprint density at radius 1 is 1.23 bits per heavy atom. The standard InChI is InChI=1S/C14H19N5O3/c20-14-17-13(18-22-14)12-15-9-11(10-16-12)21-8-4-7-19-5-2-1-3-6-19/h9-10H,1-8H2,(H,17,18,20). The molecule has 3 heterocycles. The topological polar surface area (TPSA) is 97.1 Å². The quantitative estimate of drug-likeness (QED) is 0.797. The van der Waals surface area contributed by atoms with Crippen LogP contribution in [0.5, 0.6) is 5.75 Å². The van der Waals surface area contributed by atoms with E-state index in [9.17, 15) is 4.79 Å². The van der Waals surface area contributed by atoms with Crippen LogP contribution in [0.25, 0.3) is 11.6 Å². The van der Waals surface area contributed by atoms with Crippen molar-refractivity contribution in [3.63, 3.8) is 0 Å². The minimum atomic E-state index is -0.628. The van der Waals surface area contributed by atoms with Gasteiger partial charge >= 0.3 is 5.76 Å². The first-order chi connectivity index (χ1) is 10.8. The van der Waals surface area contributed by atoms with E-state index >= 15 is 0 Å². The Bertz CT molecular complexity index is 630. The molecule has 1 aliphatic heterocycles. The Morgan fingerprint density at radius 2 is 2.00 bits per heavy atom. The molecule has 0 bridgehead atoms. The third-order valence-corrected chi connectivity index (χ3v) is 3.62. The molecule has 22 heavy (non-hydrogen) atoms. The molecule has 3 rings (SSSR count). The van der Waals surface area contributed by atoms with E-state index in [-0.39, 0.29) is 5.82 Å². The Hall–Kier alpha value is -2.22. The molecular weight excluding hydrogens is 286 g/mol. The lowest BCUT2D eigenvalue weighted by atomic mass is 10.1. The third-order valence-electron chi connectivity index (χ3n) is 3.62. The summed E-state index contributed by atoms with van der Waals surface area (Å²) in [6, 6.07) is 0. The van der Waals surface area contributed by atoms with Crippen molar-refractivity contribution in [1.29, 1.82) is 0 Å². The van der Waals surface area contributed by atoms with Gasteiger partial charge in [0.2, 0.25) is 5.82 Å². The zero-order valence-electron chi connectivity index (χ0n) is 12.3. The van der Waals surface area contributed by atoms with Crippen LogP contribution >= 0.6 is 0 Å². The molecule has 2 aromatic rings. The van der Waals surface area contributed by atoms with Crippen molar-refractivity contribution in [3.8, 4) is 17.4 Å². The number of ether oxygens (including phenoxy) is 1. The minimum Gasteiger partial charge on any atom is -0.490 e. The van der Waals surface area contributed by atoms with Gasteiger partial charge in [-0.3, -0.25) is 9.51 Å². The molecule has 0 radical (unpaired) electrons. The predicted molar refractivity (Wildman–Crippen MR) is 78.6 cm³/mol. The Morgan fingerprint density at radius 3 is 2.68 bits per heavy atom. The maximum absolute atomic E-state index is 10.9. The minimum absolute atomic E-state index is 0.210. The zero-order chi connectivity index (χ0) is 15.2. The van der Waals surface area contributed by atoms with Crippen LogP contribution in [-0.4, -0.2) is 51.2 Å². The van der Waals surface area contributed by atoms with Crippen LogP contribution in [0, 0.1) is 0 Å². The first-order valence-electron chi connectivity index (χ1n) is 7.55. The highest BCUT2D eigenvalue weighted by atomic mass is 16.5. The number of likely N-dealkylation sites (tertiary alicyclic amines) is 1. The van der Waals surface area contributed by atoms with Crippen molar-refractivity contribution in [2.24, 2.45) is 0 Å². The van der Waals surface area contributed by atoms with E-state index in [0.717, 1.165) is 13.0 Å². The van der Waals surface area contributed by atoms with Gasteiger partial charge in [0.1, 0.15) is 0 Å². The summed E-state index contributed by atoms with van der Waals surface area (Å²) in [4.78, 5) is 23.9. The maximum Gasteiger partial charge on any atom is 0.439 e. The highest BCUT2D eigenvalue weighted by Crippen LogP contribution is 2.12. The molecule has 8 nitrogen and oxygen atoms in total. The first kappa shape index (κ1) is 14.7. The van der Waals surface area contributed by atoms with Gasteiger partial charge in [0, 0.05) is 6.54 Å². The summed E-state index contributed by atoms with van der Waals surface area (Å²) in [7, 11) is 0. The Balaban J connectivity index is 1.44. The zero-order valence-corrected chi connectivity index (χ0v) is 12.3. The van der Waals surface area contributed by atoms with Crippen LogP contribution in [0.1, 0.15) is 25.7 Å². The molecule has 2 aromatic heterocycles. The van der Waals surface area contributed by atoms with E-state index in [1.54, 1.807) is 12.4 Å². The molecule has 0 atom stereocenters. The van der Waals surface area contributed by atoms with Gasteiger partial charge in [-0.1, -0.05) is 11.6 Å². The molecule has 0 saturated carbocycles. The summed E-state index contributed by atoms with van der Waals surface area (Å²) in [6.45, 7) is 4.11. The monoisotopic (exact) mass is 305 g/mol. The fourth-order valence-electron chi connectivity index (χ4n) is 2.50. The summed E-state index contributed by atoms with van der Waals surface area (Å²) in [5.41, 5.74) is 0. The number of nitrogens with zero attached hydrogens (tertiary/aromatic N) is 4. The van der Waals surface area contributed by atoms with Crippen LogP contribution in [0.3, 0.4) is 0 Å². The first-order valence-corrected chi connectivity index (χ1v) is 7.55. The Labute approximate surface area is 127 Å². The largest absolute Gasteiger partial charge is 0.490 e. The van der Waals surface area contributed by atoms with Gasteiger partial charge in [0.15, 0.2) is 11.6 Å². The van der Waals surface area contributed by atoms with E-state index in [1.165, 1.54) is 32.4 Å². The van der Waals surface area contributed by atoms with Crippen LogP contribution in [-0.2, 0) is 0 Å². The van der Waals surface area contributed by atoms with Gasteiger partial charge in [-0.25, -0.2) is 14.8 Å². The molecule has 1 aliphatic rings. The second kappa shape index (κ2) is 7.17. The van der Waals surface area contributed by atoms with E-state index in [0.29, 0.717) is 18.2 Å². The number of piperidine rings is 1. The van der Waals surface area contributed by atoms with Crippen LogP contribution in [0.15, 0.2) is 21.7 Å². The maximum atomic E-state index is 10.9. The average Bonchev–Trinajstić information content (AvgIpc) is 3.00. The van der Waals surface area contributed by atoms with Crippen molar-refractivity contribution < 1.29 is 9.26 Å². The lowest BCUT2D eigenvalue weighted by Crippen LogP contribution is -2.31. The summed E-state index contributed by atoms with van der Waals surface area (Å²) in [6.07, 6.45) is 8.08. The van der Waals surface area contributed by atoms with Gasteiger partial charge in [-0.05, 0) is 32.4 Å². The SMILES string of the molecule is O=c1[nH]c(-c2ncc(OCCCN3CCCCC3)cn2)no1. The molecule has 0 unspecified atom stereocenters. The molecule has 0 aromatic carbocycles. The van der Waals surface area contributed by atoms with E-state index in [4.69, 9.17) is 4.74 Å². The van der Waals surface area contributed by atoms with Crippen LogP contribution in [0.4, 0.5) is 0 Å². The molecule has 8 heteroatoms. The average molecular weight is 305 g/mol. The lowest BCUT2D eigenvalue weighted by molar-refractivity contribution is 0.204. The van der Waals surface area contributed by atoms with Gasteiger partial charge in [-0.15, -0.1) is 0 Å². The molecule has 1 N–H and O–H groups in total. The molecule has 118 valence electrons. The smallest absolute Gasteiger partial charge is 0.439 e. The molecular formula is C14H19N5O3. The van der Waals surface area contributed by atoms with Crippen molar-refractivity contribution >= 4 is 0 Å².